The van der Waals surface area contributed by atoms with Gasteiger partial charge in [-0.1, -0.05) is 90.9 Å². The van der Waals surface area contributed by atoms with Gasteiger partial charge in [0.25, 0.3) is 0 Å². The lowest BCUT2D eigenvalue weighted by Gasteiger charge is -2.21. The Morgan fingerprint density at radius 2 is 1.28 bits per heavy atom. The molecule has 0 saturated heterocycles. The highest BCUT2D eigenvalue weighted by Crippen LogP contribution is 2.11. The van der Waals surface area contributed by atoms with E-state index in [1.54, 1.807) is 0 Å². The minimum atomic E-state index is -1.17. The van der Waals surface area contributed by atoms with Crippen LogP contribution in [0.25, 0.3) is 0 Å². The highest BCUT2D eigenvalue weighted by Gasteiger charge is 2.23. The average Bonchev–Trinajstić information content (AvgIpc) is 2.89. The average molecular weight is 556 g/mol. The molecule has 3 atom stereocenters. The highest BCUT2D eigenvalue weighted by atomic mass is 16.5. The number of carbonyl (C=O) groups is 4. The van der Waals surface area contributed by atoms with Crippen molar-refractivity contribution in [2.45, 2.75) is 161 Å². The van der Waals surface area contributed by atoms with E-state index >= 15 is 0 Å². The predicted octanol–water partition coefficient (Wildman–Crippen LogP) is 5.38. The van der Waals surface area contributed by atoms with Crippen LogP contribution in [0.3, 0.4) is 0 Å². The normalized spacial score (nSPS) is 13.3. The summed E-state index contributed by atoms with van der Waals surface area (Å²) in [5.41, 5.74) is 5.48. The fourth-order valence-corrected chi connectivity index (χ4v) is 4.36. The second kappa shape index (κ2) is 24.9. The van der Waals surface area contributed by atoms with Gasteiger partial charge in [0.15, 0.2) is 0 Å². The smallest absolute Gasteiger partial charge is 0.320 e. The summed E-state index contributed by atoms with van der Waals surface area (Å²) in [5.74, 6) is -2.20. The Labute approximate surface area is 236 Å². The highest BCUT2D eigenvalue weighted by molar-refractivity contribution is 5.88. The van der Waals surface area contributed by atoms with Gasteiger partial charge < -0.3 is 26.2 Å². The Kier molecular flexibility index (Phi) is 23.5. The van der Waals surface area contributed by atoms with E-state index in [2.05, 4.69) is 24.5 Å². The van der Waals surface area contributed by atoms with Crippen LogP contribution in [0.4, 0.5) is 0 Å². The fourth-order valence-electron chi connectivity index (χ4n) is 4.36. The quantitative estimate of drug-likeness (QED) is 0.0827. The molecule has 0 spiro atoms. The Morgan fingerprint density at radius 3 is 1.87 bits per heavy atom. The lowest BCUT2D eigenvalue weighted by atomic mass is 10.1. The van der Waals surface area contributed by atoms with Crippen LogP contribution in [0.2, 0.25) is 0 Å². The zero-order valence-corrected chi connectivity index (χ0v) is 24.9. The third kappa shape index (κ3) is 22.4. The molecular weight excluding hydrogens is 498 g/mol. The number of nitrogens with one attached hydrogen (secondary N) is 2. The molecule has 0 aliphatic rings. The van der Waals surface area contributed by atoms with Gasteiger partial charge in [0.05, 0.1) is 6.61 Å². The zero-order chi connectivity index (χ0) is 29.3. The number of nitrogens with two attached hydrogens (primary N) is 1. The summed E-state index contributed by atoms with van der Waals surface area (Å²) in [6, 6.07) is -1.97. The van der Waals surface area contributed by atoms with E-state index in [0.717, 1.165) is 44.9 Å². The molecule has 0 aromatic carbocycles. The van der Waals surface area contributed by atoms with Crippen LogP contribution in [0, 0.1) is 0 Å². The number of amides is 2. The molecule has 9 nitrogen and oxygen atoms in total. The van der Waals surface area contributed by atoms with E-state index in [9.17, 15) is 19.2 Å². The third-order valence-corrected chi connectivity index (χ3v) is 6.92. The molecule has 0 aromatic rings. The number of rotatable bonds is 26. The summed E-state index contributed by atoms with van der Waals surface area (Å²) < 4.78 is 5.35. The van der Waals surface area contributed by atoms with Gasteiger partial charge in [-0.3, -0.25) is 19.2 Å². The number of hydrogen-bond acceptors (Lipinski definition) is 6. The van der Waals surface area contributed by atoms with Gasteiger partial charge in [-0.2, -0.15) is 0 Å². The van der Waals surface area contributed by atoms with Gasteiger partial charge in [-0.15, -0.1) is 0 Å². The van der Waals surface area contributed by atoms with Crippen LogP contribution >= 0.6 is 0 Å². The van der Waals surface area contributed by atoms with Crippen molar-refractivity contribution in [1.29, 1.82) is 0 Å². The van der Waals surface area contributed by atoms with Crippen LogP contribution in [0.5, 0.6) is 0 Å². The summed E-state index contributed by atoms with van der Waals surface area (Å²) in [7, 11) is 0. The molecule has 0 aromatic heterocycles. The standard InChI is InChI=1S/C30H57N3O6/c1-4-6-8-9-10-11-12-13-14-16-23-39-28(35)20-17-19-26(29(36)32-24(3)18-15-7-5-2)33-27(34)22-21-25(31)30(37)38/h24-26H,4-23,31H2,1-3H3,(H,32,36)(H,33,34)(H,37,38)/t24?,25-,26+/m0/s1. The summed E-state index contributed by atoms with van der Waals surface area (Å²) >= 11 is 0. The predicted molar refractivity (Wildman–Crippen MR) is 155 cm³/mol. The van der Waals surface area contributed by atoms with Crippen molar-refractivity contribution >= 4 is 23.8 Å². The second-order valence-corrected chi connectivity index (χ2v) is 10.8. The Balaban J connectivity index is 4.38. The lowest BCUT2D eigenvalue weighted by Crippen LogP contribution is -2.49. The molecular formula is C30H57N3O6. The first-order valence-corrected chi connectivity index (χ1v) is 15.4. The van der Waals surface area contributed by atoms with Gasteiger partial charge in [-0.05, 0) is 39.0 Å². The maximum atomic E-state index is 12.9. The molecule has 0 radical (unpaired) electrons. The van der Waals surface area contributed by atoms with Gasteiger partial charge in [-0.25, -0.2) is 0 Å². The first kappa shape index (κ1) is 36.8. The number of ether oxygens (including phenoxy) is 1. The molecule has 0 rings (SSSR count). The Morgan fingerprint density at radius 1 is 0.718 bits per heavy atom. The van der Waals surface area contributed by atoms with E-state index in [4.69, 9.17) is 15.6 Å². The molecule has 1 unspecified atom stereocenters. The molecule has 5 N–H and O–H groups in total. The maximum Gasteiger partial charge on any atom is 0.320 e. The van der Waals surface area contributed by atoms with Gasteiger partial charge >= 0.3 is 11.9 Å². The molecule has 0 saturated carbocycles. The number of aliphatic carboxylic acids is 1. The topological polar surface area (TPSA) is 148 Å². The first-order chi connectivity index (χ1) is 18.7. The number of carboxylic acids is 1. The zero-order valence-electron chi connectivity index (χ0n) is 24.9. The van der Waals surface area contributed by atoms with Crippen molar-refractivity contribution in [3.8, 4) is 0 Å². The van der Waals surface area contributed by atoms with Crippen molar-refractivity contribution in [1.82, 2.24) is 10.6 Å². The molecule has 0 bridgehead atoms. The molecule has 0 aliphatic carbocycles. The van der Waals surface area contributed by atoms with Crippen molar-refractivity contribution in [3.63, 3.8) is 0 Å². The van der Waals surface area contributed by atoms with Crippen LogP contribution in [-0.4, -0.2) is 53.6 Å². The van der Waals surface area contributed by atoms with Crippen LogP contribution in [-0.2, 0) is 23.9 Å². The largest absolute Gasteiger partial charge is 0.480 e. The van der Waals surface area contributed by atoms with Gasteiger partial charge in [0.1, 0.15) is 12.1 Å². The first-order valence-electron chi connectivity index (χ1n) is 15.4. The van der Waals surface area contributed by atoms with E-state index in [1.165, 1.54) is 44.9 Å². The minimum absolute atomic E-state index is 0.0196. The van der Waals surface area contributed by atoms with E-state index in [1.807, 2.05) is 6.92 Å². The number of carbonyl (C=O) groups excluding carboxylic acids is 3. The molecule has 0 heterocycles. The van der Waals surface area contributed by atoms with Crippen molar-refractivity contribution in [2.24, 2.45) is 5.73 Å². The number of carboxylic acid groups (broad SMARTS) is 1. The Hall–Kier alpha value is -2.16. The monoisotopic (exact) mass is 555 g/mol. The fraction of sp³-hybridized carbons (Fsp3) is 0.867. The molecule has 228 valence electrons. The lowest BCUT2D eigenvalue weighted by molar-refractivity contribution is -0.144. The summed E-state index contributed by atoms with van der Waals surface area (Å²) in [6.07, 6.45) is 16.9. The summed E-state index contributed by atoms with van der Waals surface area (Å²) in [6.45, 7) is 6.69. The molecule has 39 heavy (non-hydrogen) atoms. The van der Waals surface area contributed by atoms with Crippen LogP contribution in [0.1, 0.15) is 143 Å². The van der Waals surface area contributed by atoms with E-state index in [0.29, 0.717) is 13.0 Å². The summed E-state index contributed by atoms with van der Waals surface area (Å²) in [5, 5.41) is 14.6. The van der Waals surface area contributed by atoms with Gasteiger partial charge in [0, 0.05) is 18.9 Å². The SMILES string of the molecule is CCCCCCCCCCCCOC(=O)CCC[C@@H](NC(=O)CC[C@H](N)C(=O)O)C(=O)NC(C)CCCCC. The molecule has 2 amide bonds. The number of esters is 1. The van der Waals surface area contributed by atoms with E-state index < -0.39 is 24.0 Å². The van der Waals surface area contributed by atoms with Crippen LogP contribution in [0.15, 0.2) is 0 Å². The minimum Gasteiger partial charge on any atom is -0.480 e. The third-order valence-electron chi connectivity index (χ3n) is 6.92. The number of hydrogen-bond donors (Lipinski definition) is 4. The van der Waals surface area contributed by atoms with E-state index in [-0.39, 0.29) is 43.6 Å². The summed E-state index contributed by atoms with van der Waals surface area (Å²) in [4.78, 5) is 48.3. The number of unbranched alkanes of at least 4 members (excludes halogenated alkanes) is 11. The van der Waals surface area contributed by atoms with Crippen molar-refractivity contribution in [2.75, 3.05) is 6.61 Å². The second-order valence-electron chi connectivity index (χ2n) is 10.8. The van der Waals surface area contributed by atoms with Crippen molar-refractivity contribution in [3.05, 3.63) is 0 Å². The maximum absolute atomic E-state index is 12.9. The van der Waals surface area contributed by atoms with Gasteiger partial charge in [0.2, 0.25) is 11.8 Å². The Bertz CT molecular complexity index is 673. The van der Waals surface area contributed by atoms with Crippen LogP contribution < -0.4 is 16.4 Å². The van der Waals surface area contributed by atoms with Crippen molar-refractivity contribution < 1.29 is 29.0 Å². The molecule has 0 fully saturated rings. The molecule has 0 aliphatic heterocycles. The molecule has 9 heteroatoms.